The molecule has 0 radical (unpaired) electrons. The van der Waals surface area contributed by atoms with E-state index in [2.05, 4.69) is 39.8 Å². The van der Waals surface area contributed by atoms with E-state index in [9.17, 15) is 0 Å². The molecule has 1 aromatic heterocycles. The molecule has 1 aliphatic heterocycles. The van der Waals surface area contributed by atoms with E-state index in [0.29, 0.717) is 26.4 Å². The van der Waals surface area contributed by atoms with Gasteiger partial charge < -0.3 is 23.5 Å². The predicted molar refractivity (Wildman–Crippen MR) is 106 cm³/mol. The number of unbranched alkanes of at least 4 members (excludes halogenated alkanes) is 1. The van der Waals surface area contributed by atoms with Crippen molar-refractivity contribution in [2.24, 2.45) is 0 Å². The Balaban J connectivity index is 1.60. The number of ether oxygens (including phenoxy) is 3. The van der Waals surface area contributed by atoms with Crippen LogP contribution in [0.15, 0.2) is 12.1 Å². The van der Waals surface area contributed by atoms with E-state index in [0.717, 1.165) is 30.6 Å². The first-order chi connectivity index (χ1) is 12.4. The number of aryl methyl sites for hydroxylation is 1. The van der Waals surface area contributed by atoms with Gasteiger partial charge in [-0.25, -0.2) is 0 Å². The van der Waals surface area contributed by atoms with Crippen LogP contribution in [0.3, 0.4) is 0 Å². The molecule has 0 bridgehead atoms. The number of thiophene rings is 1. The molecule has 1 fully saturated rings. The van der Waals surface area contributed by atoms with Gasteiger partial charge in [-0.15, -0.1) is 11.3 Å². The Kier molecular flexibility index (Phi) is 8.58. The third-order valence-corrected chi connectivity index (χ3v) is 6.10. The van der Waals surface area contributed by atoms with Gasteiger partial charge in [-0.3, -0.25) is 0 Å². The Morgan fingerprint density at radius 1 is 0.885 bits per heavy atom. The fraction of sp³-hybridized carbons (Fsp3) is 0.789. The Labute approximate surface area is 162 Å². The average Bonchev–Trinajstić information content (AvgIpc) is 3.12. The highest BCUT2D eigenvalue weighted by Gasteiger charge is 2.52. The molecule has 0 saturated carbocycles. The van der Waals surface area contributed by atoms with Crippen LogP contribution in [0.2, 0.25) is 0 Å². The van der Waals surface area contributed by atoms with Gasteiger partial charge in [-0.2, -0.15) is 0 Å². The number of hydrogen-bond acceptors (Lipinski definition) is 6. The molecule has 148 valence electrons. The van der Waals surface area contributed by atoms with Crippen LogP contribution >= 0.6 is 11.3 Å². The highest BCUT2D eigenvalue weighted by Crippen LogP contribution is 2.37. The number of hydrogen-bond donors (Lipinski definition) is 0. The van der Waals surface area contributed by atoms with Gasteiger partial charge in [0.2, 0.25) is 0 Å². The van der Waals surface area contributed by atoms with Gasteiger partial charge in [-0.05, 0) is 53.0 Å². The van der Waals surface area contributed by atoms with E-state index >= 15 is 0 Å². The standard InChI is InChI=1S/C19H33BO5S/c1-18(2)19(3,4)25-20(24-18)17-10-9-16(26-17)8-6-7-11-22-14-15-23-13-12-21-5/h9-10H,6-8,11-15H2,1-5H3. The lowest BCUT2D eigenvalue weighted by molar-refractivity contribution is 0.00578. The molecule has 1 aliphatic rings. The van der Waals surface area contributed by atoms with E-state index in [1.807, 2.05) is 0 Å². The van der Waals surface area contributed by atoms with Crippen molar-refractivity contribution < 1.29 is 23.5 Å². The van der Waals surface area contributed by atoms with Gasteiger partial charge in [0.25, 0.3) is 0 Å². The van der Waals surface area contributed by atoms with Gasteiger partial charge in [0, 0.05) is 23.4 Å². The number of rotatable bonds is 12. The van der Waals surface area contributed by atoms with Gasteiger partial charge in [-0.1, -0.05) is 6.07 Å². The topological polar surface area (TPSA) is 46.2 Å². The lowest BCUT2D eigenvalue weighted by Crippen LogP contribution is -2.41. The summed E-state index contributed by atoms with van der Waals surface area (Å²) in [4.78, 5) is 1.37. The highest BCUT2D eigenvalue weighted by molar-refractivity contribution is 7.22. The van der Waals surface area contributed by atoms with E-state index in [1.54, 1.807) is 18.4 Å². The zero-order valence-electron chi connectivity index (χ0n) is 16.8. The van der Waals surface area contributed by atoms with Crippen molar-refractivity contribution in [2.45, 2.75) is 58.2 Å². The molecule has 2 rings (SSSR count). The zero-order valence-corrected chi connectivity index (χ0v) is 17.7. The smallest absolute Gasteiger partial charge is 0.399 e. The third-order valence-electron chi connectivity index (χ3n) is 4.93. The van der Waals surface area contributed by atoms with Crippen molar-refractivity contribution in [1.82, 2.24) is 0 Å². The second-order valence-electron chi connectivity index (χ2n) is 7.57. The van der Waals surface area contributed by atoms with Gasteiger partial charge in [0.1, 0.15) is 0 Å². The minimum absolute atomic E-state index is 0.250. The van der Waals surface area contributed by atoms with E-state index in [1.165, 1.54) is 4.88 Å². The molecule has 0 atom stereocenters. The summed E-state index contributed by atoms with van der Waals surface area (Å²) in [7, 11) is 1.42. The van der Waals surface area contributed by atoms with Crippen LogP contribution in [0.4, 0.5) is 0 Å². The largest absolute Gasteiger partial charge is 0.505 e. The minimum Gasteiger partial charge on any atom is -0.399 e. The first kappa shape index (κ1) is 21.9. The van der Waals surface area contributed by atoms with Gasteiger partial charge in [0.15, 0.2) is 0 Å². The van der Waals surface area contributed by atoms with E-state index in [-0.39, 0.29) is 18.3 Å². The average molecular weight is 384 g/mol. The van der Waals surface area contributed by atoms with Crippen molar-refractivity contribution in [3.8, 4) is 0 Å². The Morgan fingerprint density at radius 2 is 1.50 bits per heavy atom. The van der Waals surface area contributed by atoms with Crippen molar-refractivity contribution in [3.05, 3.63) is 17.0 Å². The molecule has 0 aliphatic carbocycles. The second kappa shape index (κ2) is 10.2. The molecule has 0 amide bonds. The van der Waals surface area contributed by atoms with Crippen molar-refractivity contribution in [2.75, 3.05) is 40.1 Å². The normalized spacial score (nSPS) is 18.6. The maximum absolute atomic E-state index is 6.12. The van der Waals surface area contributed by atoms with Crippen LogP contribution in [0, 0.1) is 0 Å². The van der Waals surface area contributed by atoms with Crippen LogP contribution in [0.25, 0.3) is 0 Å². The summed E-state index contributed by atoms with van der Waals surface area (Å²) in [6.07, 6.45) is 3.24. The van der Waals surface area contributed by atoms with Gasteiger partial charge >= 0.3 is 7.12 Å². The molecule has 2 heterocycles. The van der Waals surface area contributed by atoms with Crippen molar-refractivity contribution >= 4 is 23.2 Å². The van der Waals surface area contributed by atoms with Crippen LogP contribution in [-0.2, 0) is 29.9 Å². The summed E-state index contributed by atoms with van der Waals surface area (Å²) in [5, 5.41) is 0. The molecular weight excluding hydrogens is 351 g/mol. The predicted octanol–water partition coefficient (Wildman–Crippen LogP) is 3.05. The second-order valence-corrected chi connectivity index (χ2v) is 8.77. The quantitative estimate of drug-likeness (QED) is 0.410. The van der Waals surface area contributed by atoms with Crippen LogP contribution in [0.1, 0.15) is 45.4 Å². The maximum Gasteiger partial charge on any atom is 0.505 e. The van der Waals surface area contributed by atoms with E-state index in [4.69, 9.17) is 23.5 Å². The molecule has 0 aromatic carbocycles. The Hall–Kier alpha value is -0.435. The summed E-state index contributed by atoms with van der Waals surface area (Å²) < 4.78 is 29.2. The maximum atomic E-state index is 6.12. The number of methoxy groups -OCH3 is 1. The summed E-state index contributed by atoms with van der Waals surface area (Å²) in [5.41, 5.74) is -0.571. The molecular formula is C19H33BO5S. The van der Waals surface area contributed by atoms with E-state index < -0.39 is 0 Å². The SMILES string of the molecule is COCCOCCOCCCCc1ccc(B2OC(C)(C)C(C)(C)O2)s1. The molecule has 0 unspecified atom stereocenters. The minimum atomic E-state index is -0.285. The summed E-state index contributed by atoms with van der Waals surface area (Å²) in [6.45, 7) is 11.7. The van der Waals surface area contributed by atoms with Crippen molar-refractivity contribution in [3.63, 3.8) is 0 Å². The first-order valence-electron chi connectivity index (χ1n) is 9.44. The fourth-order valence-corrected chi connectivity index (χ4v) is 3.60. The molecule has 7 heteroatoms. The van der Waals surface area contributed by atoms with Crippen LogP contribution in [0.5, 0.6) is 0 Å². The molecule has 1 aromatic rings. The van der Waals surface area contributed by atoms with Gasteiger partial charge in [0.05, 0.1) is 37.6 Å². The lowest BCUT2D eigenvalue weighted by atomic mass is 9.88. The Morgan fingerprint density at radius 3 is 2.15 bits per heavy atom. The molecule has 5 nitrogen and oxygen atoms in total. The molecule has 0 N–H and O–H groups in total. The summed E-state index contributed by atoms with van der Waals surface area (Å²) in [5.74, 6) is 0. The summed E-state index contributed by atoms with van der Waals surface area (Å²) in [6, 6.07) is 4.32. The fourth-order valence-electron chi connectivity index (χ4n) is 2.58. The molecule has 0 spiro atoms. The Bertz CT molecular complexity index is 516. The van der Waals surface area contributed by atoms with Crippen LogP contribution in [-0.4, -0.2) is 58.5 Å². The lowest BCUT2D eigenvalue weighted by Gasteiger charge is -2.32. The molecule has 26 heavy (non-hydrogen) atoms. The third kappa shape index (κ3) is 6.32. The monoisotopic (exact) mass is 384 g/mol. The molecule has 1 saturated heterocycles. The highest BCUT2D eigenvalue weighted by atomic mass is 32.1. The van der Waals surface area contributed by atoms with Crippen LogP contribution < -0.4 is 4.78 Å². The summed E-state index contributed by atoms with van der Waals surface area (Å²) >= 11 is 1.79. The first-order valence-corrected chi connectivity index (χ1v) is 10.3. The van der Waals surface area contributed by atoms with Crippen molar-refractivity contribution in [1.29, 1.82) is 0 Å². The zero-order chi connectivity index (χ0) is 19.0.